The molecule has 1 atom stereocenters. The summed E-state index contributed by atoms with van der Waals surface area (Å²) in [5.74, 6) is 0.599. The maximum absolute atomic E-state index is 10.3. The summed E-state index contributed by atoms with van der Waals surface area (Å²) >= 11 is 9.43. The fourth-order valence-electron chi connectivity index (χ4n) is 1.72. The second-order valence-electron chi connectivity index (χ2n) is 3.85. The van der Waals surface area contributed by atoms with Gasteiger partial charge in [0.15, 0.2) is 0 Å². The Morgan fingerprint density at radius 3 is 2.50 bits per heavy atom. The predicted octanol–water partition coefficient (Wildman–Crippen LogP) is 4.19. The van der Waals surface area contributed by atoms with E-state index in [1.807, 2.05) is 24.3 Å². The molecule has 2 rings (SSSR count). The van der Waals surface area contributed by atoms with Crippen LogP contribution in [-0.4, -0.2) is 12.2 Å². The summed E-state index contributed by atoms with van der Waals surface area (Å²) in [6.07, 6.45) is -0.703. The summed E-state index contributed by atoms with van der Waals surface area (Å²) in [4.78, 5) is 0. The zero-order chi connectivity index (χ0) is 13.1. The van der Waals surface area contributed by atoms with Gasteiger partial charge in [-0.25, -0.2) is 0 Å². The molecule has 0 radical (unpaired) electrons. The van der Waals surface area contributed by atoms with E-state index in [4.69, 9.17) is 16.3 Å². The molecule has 2 nitrogen and oxygen atoms in total. The zero-order valence-electron chi connectivity index (χ0n) is 9.73. The van der Waals surface area contributed by atoms with E-state index in [1.165, 1.54) is 0 Å². The third-order valence-electron chi connectivity index (χ3n) is 2.66. The average Bonchev–Trinajstić information content (AvgIpc) is 2.37. The van der Waals surface area contributed by atoms with Gasteiger partial charge in [-0.1, -0.05) is 45.7 Å². The Bertz CT molecular complexity index is 557. The Morgan fingerprint density at radius 1 is 1.17 bits per heavy atom. The molecule has 0 heterocycles. The van der Waals surface area contributed by atoms with E-state index in [2.05, 4.69) is 15.9 Å². The molecule has 0 aliphatic heterocycles. The first-order valence-corrected chi connectivity index (χ1v) is 6.56. The lowest BCUT2D eigenvalue weighted by molar-refractivity contribution is 0.220. The lowest BCUT2D eigenvalue weighted by Crippen LogP contribution is -1.99. The van der Waals surface area contributed by atoms with Gasteiger partial charge in [-0.15, -0.1) is 0 Å². The molecule has 18 heavy (non-hydrogen) atoms. The first-order chi connectivity index (χ1) is 8.61. The molecule has 0 saturated heterocycles. The minimum atomic E-state index is -0.703. The van der Waals surface area contributed by atoms with E-state index >= 15 is 0 Å². The van der Waals surface area contributed by atoms with Crippen molar-refractivity contribution in [1.29, 1.82) is 0 Å². The van der Waals surface area contributed by atoms with Crippen molar-refractivity contribution in [2.45, 2.75) is 6.10 Å². The van der Waals surface area contributed by atoms with Crippen LogP contribution in [0.2, 0.25) is 5.02 Å². The minimum absolute atomic E-state index is 0.490. The highest BCUT2D eigenvalue weighted by Gasteiger charge is 2.12. The second-order valence-corrected chi connectivity index (χ2v) is 5.17. The minimum Gasteiger partial charge on any atom is -0.495 e. The molecule has 1 N–H and O–H groups in total. The van der Waals surface area contributed by atoms with Crippen LogP contribution >= 0.6 is 27.5 Å². The van der Waals surface area contributed by atoms with Crippen LogP contribution in [0.1, 0.15) is 17.2 Å². The van der Waals surface area contributed by atoms with Crippen LogP contribution in [0, 0.1) is 0 Å². The molecule has 2 aromatic rings. The number of methoxy groups -OCH3 is 1. The van der Waals surface area contributed by atoms with Crippen molar-refractivity contribution in [3.63, 3.8) is 0 Å². The standard InChI is InChI=1S/C14H12BrClO2/c1-18-13-6-5-10(8-12(13)16)14(17)9-3-2-4-11(15)7-9/h2-8,14,17H,1H3. The van der Waals surface area contributed by atoms with Crippen molar-refractivity contribution in [1.82, 2.24) is 0 Å². The van der Waals surface area contributed by atoms with E-state index in [0.29, 0.717) is 10.8 Å². The third-order valence-corrected chi connectivity index (χ3v) is 3.44. The van der Waals surface area contributed by atoms with E-state index in [-0.39, 0.29) is 0 Å². The van der Waals surface area contributed by atoms with Gasteiger partial charge < -0.3 is 9.84 Å². The molecule has 0 aliphatic carbocycles. The van der Waals surface area contributed by atoms with Crippen LogP contribution in [0.5, 0.6) is 5.75 Å². The van der Waals surface area contributed by atoms with Gasteiger partial charge >= 0.3 is 0 Å². The smallest absolute Gasteiger partial charge is 0.137 e. The van der Waals surface area contributed by atoms with E-state index in [0.717, 1.165) is 15.6 Å². The van der Waals surface area contributed by atoms with Crippen molar-refractivity contribution < 1.29 is 9.84 Å². The summed E-state index contributed by atoms with van der Waals surface area (Å²) in [5.41, 5.74) is 1.55. The molecule has 4 heteroatoms. The molecule has 0 saturated carbocycles. The number of halogens is 2. The monoisotopic (exact) mass is 326 g/mol. The molecular formula is C14H12BrClO2. The Morgan fingerprint density at radius 2 is 1.89 bits per heavy atom. The number of benzene rings is 2. The summed E-state index contributed by atoms with van der Waals surface area (Å²) in [5, 5.41) is 10.8. The third kappa shape index (κ3) is 2.86. The van der Waals surface area contributed by atoms with Crippen molar-refractivity contribution >= 4 is 27.5 Å². The van der Waals surface area contributed by atoms with Gasteiger partial charge in [0, 0.05) is 4.47 Å². The number of hydrogen-bond acceptors (Lipinski definition) is 2. The van der Waals surface area contributed by atoms with Crippen molar-refractivity contribution in [2.24, 2.45) is 0 Å². The molecule has 0 amide bonds. The number of aliphatic hydroxyl groups is 1. The van der Waals surface area contributed by atoms with Crippen molar-refractivity contribution in [2.75, 3.05) is 7.11 Å². The Kier molecular flexibility index (Phi) is 4.27. The lowest BCUT2D eigenvalue weighted by atomic mass is 10.0. The fraction of sp³-hybridized carbons (Fsp3) is 0.143. The SMILES string of the molecule is COc1ccc(C(O)c2cccc(Br)c2)cc1Cl. The van der Waals surface area contributed by atoms with Crippen LogP contribution in [0.25, 0.3) is 0 Å². The quantitative estimate of drug-likeness (QED) is 0.916. The molecule has 1 unspecified atom stereocenters. The number of rotatable bonds is 3. The van der Waals surface area contributed by atoms with Gasteiger partial charge in [0.25, 0.3) is 0 Å². The zero-order valence-corrected chi connectivity index (χ0v) is 12.1. The van der Waals surface area contributed by atoms with E-state index < -0.39 is 6.10 Å². The lowest BCUT2D eigenvalue weighted by Gasteiger charge is -2.13. The summed E-state index contributed by atoms with van der Waals surface area (Å²) < 4.78 is 6.01. The largest absolute Gasteiger partial charge is 0.495 e. The van der Waals surface area contributed by atoms with Gasteiger partial charge in [-0.3, -0.25) is 0 Å². The molecule has 0 spiro atoms. The highest BCUT2D eigenvalue weighted by molar-refractivity contribution is 9.10. The molecule has 0 bridgehead atoms. The van der Waals surface area contributed by atoms with E-state index in [1.54, 1.807) is 25.3 Å². The molecule has 0 aliphatic rings. The van der Waals surface area contributed by atoms with Gasteiger partial charge in [-0.05, 0) is 35.4 Å². The maximum atomic E-state index is 10.3. The van der Waals surface area contributed by atoms with E-state index in [9.17, 15) is 5.11 Å². The Hall–Kier alpha value is -1.03. The van der Waals surface area contributed by atoms with Crippen LogP contribution in [-0.2, 0) is 0 Å². The summed E-state index contributed by atoms with van der Waals surface area (Å²) in [6.45, 7) is 0. The van der Waals surface area contributed by atoms with Crippen molar-refractivity contribution in [3.8, 4) is 5.75 Å². The van der Waals surface area contributed by atoms with Crippen LogP contribution in [0.4, 0.5) is 0 Å². The second kappa shape index (κ2) is 5.74. The van der Waals surface area contributed by atoms with Crippen LogP contribution in [0.15, 0.2) is 46.9 Å². The maximum Gasteiger partial charge on any atom is 0.137 e. The normalized spacial score (nSPS) is 12.2. The van der Waals surface area contributed by atoms with Gasteiger partial charge in [-0.2, -0.15) is 0 Å². The fourth-order valence-corrected chi connectivity index (χ4v) is 2.40. The first kappa shape index (κ1) is 13.4. The summed E-state index contributed by atoms with van der Waals surface area (Å²) in [7, 11) is 1.56. The van der Waals surface area contributed by atoms with Gasteiger partial charge in [0.1, 0.15) is 11.9 Å². The Labute approximate surface area is 119 Å². The highest BCUT2D eigenvalue weighted by atomic mass is 79.9. The van der Waals surface area contributed by atoms with Gasteiger partial charge in [0.05, 0.1) is 12.1 Å². The van der Waals surface area contributed by atoms with Crippen LogP contribution in [0.3, 0.4) is 0 Å². The topological polar surface area (TPSA) is 29.5 Å². The van der Waals surface area contributed by atoms with Crippen molar-refractivity contribution in [3.05, 3.63) is 63.1 Å². The predicted molar refractivity (Wildman–Crippen MR) is 76.2 cm³/mol. The molecule has 94 valence electrons. The van der Waals surface area contributed by atoms with Crippen LogP contribution < -0.4 is 4.74 Å². The molecular weight excluding hydrogens is 316 g/mol. The number of ether oxygens (including phenoxy) is 1. The van der Waals surface area contributed by atoms with Gasteiger partial charge in [0.2, 0.25) is 0 Å². The Balaban J connectivity index is 2.34. The average molecular weight is 328 g/mol. The number of aliphatic hydroxyl groups excluding tert-OH is 1. The summed E-state index contributed by atoms with van der Waals surface area (Å²) in [6, 6.07) is 12.8. The first-order valence-electron chi connectivity index (χ1n) is 5.39. The number of hydrogen-bond donors (Lipinski definition) is 1. The molecule has 0 aromatic heterocycles. The molecule has 0 fully saturated rings. The molecule has 2 aromatic carbocycles. The highest BCUT2D eigenvalue weighted by Crippen LogP contribution is 2.30.